The lowest BCUT2D eigenvalue weighted by molar-refractivity contribution is -0.887. The zero-order chi connectivity index (χ0) is 47.0. The number of carbonyl (C=O) groups is 3. The summed E-state index contributed by atoms with van der Waals surface area (Å²) in [6.07, 6.45) is 61.8. The number of carboxylic acid groups (broad SMARTS) is 1. The van der Waals surface area contributed by atoms with Crippen LogP contribution < -0.4 is 0 Å². The molecule has 8 nitrogen and oxygen atoms in total. The summed E-state index contributed by atoms with van der Waals surface area (Å²) in [7, 11) is 5.51. The number of carboxylic acids is 1. The molecule has 8 heteroatoms. The van der Waals surface area contributed by atoms with E-state index in [2.05, 4.69) is 111 Å². The molecule has 0 aromatic carbocycles. The molecule has 0 aliphatic carbocycles. The summed E-state index contributed by atoms with van der Waals surface area (Å²) >= 11 is 0. The van der Waals surface area contributed by atoms with Crippen molar-refractivity contribution in [2.45, 2.75) is 199 Å². The molecular formula is C56H94NO7+. The predicted molar refractivity (Wildman–Crippen MR) is 270 cm³/mol. The van der Waals surface area contributed by atoms with Gasteiger partial charge in [-0.05, 0) is 89.9 Å². The molecule has 2 unspecified atom stereocenters. The summed E-state index contributed by atoms with van der Waals surface area (Å²) in [5, 5.41) is 9.65. The first kappa shape index (κ1) is 60.2. The van der Waals surface area contributed by atoms with Crippen LogP contribution in [-0.2, 0) is 28.6 Å². The molecular weight excluding hydrogens is 799 g/mol. The number of esters is 2. The van der Waals surface area contributed by atoms with Crippen LogP contribution in [0.25, 0.3) is 0 Å². The number of rotatable bonds is 44. The third kappa shape index (κ3) is 43.5. The van der Waals surface area contributed by atoms with Gasteiger partial charge in [-0.1, -0.05) is 175 Å². The first-order chi connectivity index (χ1) is 31.1. The van der Waals surface area contributed by atoms with Crippen LogP contribution in [0.2, 0.25) is 0 Å². The first-order valence-corrected chi connectivity index (χ1v) is 25.3. The number of unbranched alkanes of at least 4 members (excludes halogenated alkanes) is 14. The number of hydrogen-bond donors (Lipinski definition) is 1. The molecule has 0 spiro atoms. The molecule has 0 aliphatic heterocycles. The second-order valence-corrected chi connectivity index (χ2v) is 17.7. The normalized spacial score (nSPS) is 13.7. The van der Waals surface area contributed by atoms with E-state index >= 15 is 0 Å². The fourth-order valence-electron chi connectivity index (χ4n) is 6.84. The lowest BCUT2D eigenvalue weighted by atomic mass is 10.1. The molecule has 0 bridgehead atoms. The van der Waals surface area contributed by atoms with Gasteiger partial charge in [0.2, 0.25) is 0 Å². The monoisotopic (exact) mass is 893 g/mol. The van der Waals surface area contributed by atoms with Gasteiger partial charge in [0.1, 0.15) is 6.61 Å². The SMILES string of the molecule is CC/C=C/C/C=C/C/C=C/C/C=C/CCCCCCCCCCCCC(=O)OCC(COCCC(C(=O)O)[N+](C)(C)C)OC(=O)CCC/C=C/C/C=C/C/C=C/C/C=C/CCCCC. The number of aliphatic carboxylic acids is 1. The fraction of sp³-hybridized carbons (Fsp3) is 0.661. The minimum atomic E-state index is -0.887. The Morgan fingerprint density at radius 1 is 0.484 bits per heavy atom. The zero-order valence-electron chi connectivity index (χ0n) is 41.4. The van der Waals surface area contributed by atoms with E-state index in [9.17, 15) is 19.5 Å². The quantitative estimate of drug-likeness (QED) is 0.0281. The topological polar surface area (TPSA) is 99.1 Å². The van der Waals surface area contributed by atoms with Crippen molar-refractivity contribution < 1.29 is 38.2 Å². The number of hydrogen-bond acceptors (Lipinski definition) is 6. The van der Waals surface area contributed by atoms with Crippen LogP contribution in [0, 0.1) is 0 Å². The molecule has 1 N–H and O–H groups in total. The van der Waals surface area contributed by atoms with Crippen LogP contribution in [0.4, 0.5) is 0 Å². The van der Waals surface area contributed by atoms with Gasteiger partial charge < -0.3 is 23.8 Å². The summed E-state index contributed by atoms with van der Waals surface area (Å²) in [6, 6.07) is -0.631. The van der Waals surface area contributed by atoms with Crippen molar-refractivity contribution in [3.8, 4) is 0 Å². The highest BCUT2D eigenvalue weighted by Gasteiger charge is 2.31. The van der Waals surface area contributed by atoms with Crippen LogP contribution in [0.3, 0.4) is 0 Å². The molecule has 0 rings (SSSR count). The maximum absolute atomic E-state index is 12.8. The first-order valence-electron chi connectivity index (χ1n) is 25.3. The van der Waals surface area contributed by atoms with E-state index in [-0.39, 0.29) is 42.7 Å². The third-order valence-electron chi connectivity index (χ3n) is 10.7. The molecule has 0 aromatic heterocycles. The summed E-state index contributed by atoms with van der Waals surface area (Å²) in [5.74, 6) is -1.55. The highest BCUT2D eigenvalue weighted by Crippen LogP contribution is 2.14. The molecule has 64 heavy (non-hydrogen) atoms. The maximum atomic E-state index is 12.8. The minimum Gasteiger partial charge on any atom is -0.477 e. The summed E-state index contributed by atoms with van der Waals surface area (Å²) in [4.78, 5) is 37.1. The van der Waals surface area contributed by atoms with Crippen LogP contribution in [0.15, 0.2) is 97.2 Å². The zero-order valence-corrected chi connectivity index (χ0v) is 41.4. The van der Waals surface area contributed by atoms with Gasteiger partial charge in [0.15, 0.2) is 12.1 Å². The standard InChI is InChI=1S/C56H93NO7/c1-6-8-10-12-14-16-18-20-22-24-25-26-27-28-29-31-32-34-36-38-40-42-44-46-54(58)63-51-52(50-62-49-48-53(56(60)61)57(3,4)5)64-55(59)47-45-43-41-39-37-35-33-30-23-21-19-17-15-13-11-9-7-2/h8,10,14-17,20-23,25-26,33,35,39,41,52-53H,6-7,9,11-13,18-19,24,27-32,34,36-38,40,42-51H2,1-5H3/p+1/b10-8+,16-14+,17-15+,22-20+,23-21+,26-25+,35-33+,41-39+. The van der Waals surface area contributed by atoms with Crippen LogP contribution in [-0.4, -0.2) is 80.6 Å². The molecule has 0 aromatic rings. The van der Waals surface area contributed by atoms with Crippen molar-refractivity contribution in [2.24, 2.45) is 0 Å². The largest absolute Gasteiger partial charge is 0.477 e. The number of ether oxygens (including phenoxy) is 3. The van der Waals surface area contributed by atoms with Gasteiger partial charge in [0.05, 0.1) is 34.4 Å². The van der Waals surface area contributed by atoms with Crippen LogP contribution in [0.5, 0.6) is 0 Å². The lowest BCUT2D eigenvalue weighted by Crippen LogP contribution is -2.50. The van der Waals surface area contributed by atoms with Crippen molar-refractivity contribution in [2.75, 3.05) is 41.0 Å². The van der Waals surface area contributed by atoms with Crippen LogP contribution >= 0.6 is 0 Å². The Morgan fingerprint density at radius 3 is 1.34 bits per heavy atom. The Bertz CT molecular complexity index is 1360. The summed E-state index contributed by atoms with van der Waals surface area (Å²) in [6.45, 7) is 4.53. The fourth-order valence-corrected chi connectivity index (χ4v) is 6.84. The van der Waals surface area contributed by atoms with E-state index in [0.717, 1.165) is 70.6 Å². The van der Waals surface area contributed by atoms with E-state index in [1.807, 2.05) is 21.1 Å². The highest BCUT2D eigenvalue weighted by molar-refractivity contribution is 5.72. The molecule has 0 saturated carbocycles. The molecule has 0 radical (unpaired) electrons. The molecule has 0 aliphatic rings. The second kappa shape index (κ2) is 45.8. The number of nitrogens with zero attached hydrogens (tertiary/aromatic N) is 1. The molecule has 0 fully saturated rings. The Hall–Kier alpha value is -3.75. The molecule has 0 saturated heterocycles. The van der Waals surface area contributed by atoms with Gasteiger partial charge >= 0.3 is 17.9 Å². The Labute approximate surface area is 392 Å². The van der Waals surface area contributed by atoms with Gasteiger partial charge in [-0.3, -0.25) is 9.59 Å². The highest BCUT2D eigenvalue weighted by atomic mass is 16.6. The van der Waals surface area contributed by atoms with E-state index in [4.69, 9.17) is 14.2 Å². The average Bonchev–Trinajstić information content (AvgIpc) is 3.26. The Balaban J connectivity index is 4.33. The van der Waals surface area contributed by atoms with Gasteiger partial charge in [-0.25, -0.2) is 4.79 Å². The van der Waals surface area contributed by atoms with Crippen molar-refractivity contribution in [3.63, 3.8) is 0 Å². The summed E-state index contributed by atoms with van der Waals surface area (Å²) < 4.78 is 17.3. The molecule has 2 atom stereocenters. The van der Waals surface area contributed by atoms with Crippen molar-refractivity contribution in [1.29, 1.82) is 0 Å². The van der Waals surface area contributed by atoms with E-state index in [1.54, 1.807) is 0 Å². The van der Waals surface area contributed by atoms with E-state index < -0.39 is 18.1 Å². The van der Waals surface area contributed by atoms with Crippen molar-refractivity contribution in [1.82, 2.24) is 0 Å². The Kier molecular flexibility index (Phi) is 43.1. The van der Waals surface area contributed by atoms with Crippen molar-refractivity contribution >= 4 is 17.9 Å². The maximum Gasteiger partial charge on any atom is 0.362 e. The minimum absolute atomic E-state index is 0.0327. The molecule has 0 heterocycles. The van der Waals surface area contributed by atoms with Crippen molar-refractivity contribution in [3.05, 3.63) is 97.2 Å². The van der Waals surface area contributed by atoms with E-state index in [1.165, 1.54) is 77.0 Å². The smallest absolute Gasteiger partial charge is 0.362 e. The lowest BCUT2D eigenvalue weighted by Gasteiger charge is -2.31. The van der Waals surface area contributed by atoms with Gasteiger partial charge in [-0.15, -0.1) is 0 Å². The number of quaternary nitrogens is 1. The molecule has 0 amide bonds. The van der Waals surface area contributed by atoms with Crippen LogP contribution in [0.1, 0.15) is 187 Å². The number of likely N-dealkylation sites (N-methyl/N-ethyl adjacent to an activating group) is 1. The molecule has 364 valence electrons. The average molecular weight is 893 g/mol. The van der Waals surface area contributed by atoms with Gasteiger partial charge in [0.25, 0.3) is 0 Å². The van der Waals surface area contributed by atoms with Gasteiger partial charge in [-0.2, -0.15) is 0 Å². The van der Waals surface area contributed by atoms with Gasteiger partial charge in [0, 0.05) is 19.3 Å². The van der Waals surface area contributed by atoms with E-state index in [0.29, 0.717) is 19.3 Å². The Morgan fingerprint density at radius 2 is 0.891 bits per heavy atom. The second-order valence-electron chi connectivity index (χ2n) is 17.7. The number of allylic oxidation sites excluding steroid dienone is 16. The third-order valence-corrected chi connectivity index (χ3v) is 10.7. The predicted octanol–water partition coefficient (Wildman–Crippen LogP) is 14.6. The number of carbonyl (C=O) groups excluding carboxylic acids is 2. The summed E-state index contributed by atoms with van der Waals surface area (Å²) in [5.41, 5.74) is 0.